The molecule has 1 radical (unpaired) electrons. The number of pyridine rings is 4. The molecule has 6 aromatic carbocycles. The fourth-order valence-electron chi connectivity index (χ4n) is 13.6. The van der Waals surface area contributed by atoms with Crippen LogP contribution in [0.4, 0.5) is 0 Å². The zero-order chi connectivity index (χ0) is 73.4. The van der Waals surface area contributed by atoms with Crippen LogP contribution in [0.15, 0.2) is 0 Å². The van der Waals surface area contributed by atoms with Gasteiger partial charge in [-0.3, -0.25) is 0 Å². The van der Waals surface area contributed by atoms with Crippen LogP contribution >= 0.6 is 0 Å². The molecular formula is C92H132Ir3N4-2. The summed E-state index contributed by atoms with van der Waals surface area (Å²) in [6.45, 7) is 78.7. The molecule has 0 bridgehead atoms. The van der Waals surface area contributed by atoms with Crippen LogP contribution in [0.3, 0.4) is 0 Å². The minimum atomic E-state index is 0. The first-order valence-corrected chi connectivity index (χ1v) is 33.3. The van der Waals surface area contributed by atoms with Crippen LogP contribution in [-0.4, -0.2) is 19.9 Å². The SMILES string of the molecule is Cc1[c-]c(-c2nc(C)c(C)c(C)c2C)c(C)c(C)c1C.Cc1[c-]c(-c2nc(C)c(C)c(C)c2C)c(C)c(C)c1C.Cc1[c-]c(-c2nc(C)c(C)c3c(C)c(C)c(C)c(C)c23)c(C)c(C)c1C.Cc1[c-]c(-c2nc(C)c(C)c3c(C)c(C)c(C)c(C)c23)c(C)c(C)c1C.[2HH].[2HH].[2HH].[2HH].[2H][2H].[2H][2H].[CH3-].[CH3-].[CH3-].[CH3-].[Ir+3].[Ir+3].[Ir]. The summed E-state index contributed by atoms with van der Waals surface area (Å²) in [5.41, 5.74) is 55.7. The van der Waals surface area contributed by atoms with E-state index in [1.807, 2.05) is 0 Å². The van der Waals surface area contributed by atoms with Gasteiger partial charge in [-0.15, -0.1) is 136 Å². The molecule has 0 aliphatic heterocycles. The summed E-state index contributed by atoms with van der Waals surface area (Å²) in [6.07, 6.45) is 0. The van der Waals surface area contributed by atoms with E-state index >= 15 is 0 Å². The van der Waals surface area contributed by atoms with Gasteiger partial charge in [-0.2, -0.15) is 0 Å². The Bertz CT molecular complexity index is 4340. The predicted octanol–water partition coefficient (Wildman–Crippen LogP) is 26.9. The zero-order valence-electron chi connectivity index (χ0n) is 72.8. The Labute approximate surface area is 657 Å². The fraction of sp³-hybridized carbons (Fsp3) is 0.391. The van der Waals surface area contributed by atoms with Crippen LogP contribution in [-0.2, 0) is 60.3 Å². The average Bonchev–Trinajstić information content (AvgIpc) is 0.808. The summed E-state index contributed by atoms with van der Waals surface area (Å²) in [4.78, 5) is 19.9. The fourth-order valence-corrected chi connectivity index (χ4v) is 13.6. The van der Waals surface area contributed by atoms with Crippen LogP contribution in [0.5, 0.6) is 0 Å². The third kappa shape index (κ3) is 17.1. The van der Waals surface area contributed by atoms with Gasteiger partial charge in [-0.25, -0.2) is 0 Å². The van der Waals surface area contributed by atoms with E-state index in [1.165, 1.54) is 200 Å². The second kappa shape index (κ2) is 36.0. The molecule has 7 heteroatoms. The Balaban J connectivity index is -0.000000239. The minimum absolute atomic E-state index is 0. The normalized spacial score (nSPS) is 10.6. The molecule has 0 aliphatic carbocycles. The van der Waals surface area contributed by atoms with E-state index in [2.05, 4.69) is 274 Å². The first kappa shape index (κ1) is 89.5. The smallest absolute Gasteiger partial charge is 0.358 e. The zero-order valence-corrected chi connectivity index (χ0v) is 76.0. The maximum atomic E-state index is 5.09. The summed E-state index contributed by atoms with van der Waals surface area (Å²) in [5.74, 6) is 0. The minimum Gasteiger partial charge on any atom is -0.358 e. The molecule has 0 saturated carbocycles. The molecule has 10 aromatic rings. The van der Waals surface area contributed by atoms with E-state index < -0.39 is 0 Å². The molecule has 10 rings (SSSR count). The largest absolute Gasteiger partial charge is 3.00 e. The van der Waals surface area contributed by atoms with Gasteiger partial charge in [0.05, 0.1) is 0 Å². The number of fused-ring (bicyclic) bond motifs is 2. The number of hydrogen-bond donors (Lipinski definition) is 0. The number of rotatable bonds is 4. The molecule has 0 amide bonds. The maximum absolute atomic E-state index is 5.09. The summed E-state index contributed by atoms with van der Waals surface area (Å²) in [7, 11) is 0. The van der Waals surface area contributed by atoms with Crippen molar-refractivity contribution in [3.05, 3.63) is 255 Å². The third-order valence-electron chi connectivity index (χ3n) is 23.3. The van der Waals surface area contributed by atoms with Gasteiger partial charge < -0.3 is 49.6 Å². The Morgan fingerprint density at radius 3 is 0.566 bits per heavy atom. The van der Waals surface area contributed by atoms with Crippen molar-refractivity contribution in [3.63, 3.8) is 0 Å². The molecule has 0 saturated heterocycles. The topological polar surface area (TPSA) is 51.6 Å². The van der Waals surface area contributed by atoms with Crippen molar-refractivity contribution in [2.24, 2.45) is 0 Å². The number of aromatic nitrogens is 4. The molecule has 0 N–H and O–H groups in total. The van der Waals surface area contributed by atoms with Crippen LogP contribution in [0.25, 0.3) is 66.6 Å². The van der Waals surface area contributed by atoms with Crippen molar-refractivity contribution < 1.29 is 72.0 Å². The number of nitrogens with zero attached hydrogens (tertiary/aromatic N) is 4. The molecule has 0 aliphatic rings. The van der Waals surface area contributed by atoms with Gasteiger partial charge >= 0.3 is 40.2 Å². The number of hydrogen-bond acceptors (Lipinski definition) is 4. The van der Waals surface area contributed by atoms with Crippen LogP contribution in [0.1, 0.15) is 212 Å². The van der Waals surface area contributed by atoms with Crippen molar-refractivity contribution in [3.8, 4) is 45.0 Å². The van der Waals surface area contributed by atoms with Crippen molar-refractivity contribution >= 4 is 21.5 Å². The van der Waals surface area contributed by atoms with Crippen LogP contribution < -0.4 is 0 Å². The number of benzene rings is 6. The van der Waals surface area contributed by atoms with Crippen molar-refractivity contribution in [2.45, 2.75) is 249 Å². The van der Waals surface area contributed by atoms with Gasteiger partial charge in [0.25, 0.3) is 0 Å². The van der Waals surface area contributed by atoms with E-state index in [0.29, 0.717) is 0 Å². The standard InChI is InChI=1S/2C25H30N.2C19H24N.4CH3.3Ir.6H2/c2*1-12-11-22(17(6)14(3)13(12)2)25-24-19(8)16(5)15(4)18(7)23(24)20(9)21(10)26-25;2*1-10-9-18(15(6)12(3)11(10)2)19-16(7)13(4)14(5)17(8)20-19;;;;;;;;;;;;;/h2*1-10H3;2*1-8H3;4*1H3;;;;6*1H/q8*-1;;2*+3;;;;;;/i;;;;;;;;;;;2*1+1D;4*1+1. The molecule has 4 nitrogen and oxygen atoms in total. The van der Waals surface area contributed by atoms with E-state index in [4.69, 9.17) is 25.9 Å². The number of aryl methyl sites for hydroxylation is 14. The Morgan fingerprint density at radius 1 is 0.182 bits per heavy atom. The van der Waals surface area contributed by atoms with E-state index in [0.717, 1.165) is 67.8 Å². The van der Waals surface area contributed by atoms with E-state index in [1.54, 1.807) is 0 Å². The van der Waals surface area contributed by atoms with Crippen molar-refractivity contribution in [1.82, 2.24) is 19.9 Å². The van der Waals surface area contributed by atoms with Gasteiger partial charge in [0.2, 0.25) is 0 Å². The Hall–Kier alpha value is -5.61. The first-order valence-electron chi connectivity index (χ1n) is 35.3. The van der Waals surface area contributed by atoms with Crippen molar-refractivity contribution in [2.75, 3.05) is 0 Å². The summed E-state index contributed by atoms with van der Waals surface area (Å²) in [6, 6.07) is 14.4. The molecule has 4 heterocycles. The summed E-state index contributed by atoms with van der Waals surface area (Å²) < 4.78 is 20.0. The third-order valence-corrected chi connectivity index (χ3v) is 23.3. The first-order chi connectivity index (χ1) is 44.6. The van der Waals surface area contributed by atoms with Crippen LogP contribution in [0, 0.1) is 303 Å². The van der Waals surface area contributed by atoms with E-state index in [-0.39, 0.29) is 95.7 Å². The molecule has 549 valence electrons. The van der Waals surface area contributed by atoms with Gasteiger partial charge in [0.1, 0.15) is 0 Å². The molecule has 0 atom stereocenters. The van der Waals surface area contributed by atoms with Gasteiger partial charge in [-0.1, -0.05) is 133 Å². The quantitative estimate of drug-likeness (QED) is 0.165. The van der Waals surface area contributed by atoms with Gasteiger partial charge in [0, 0.05) is 54.5 Å². The molecule has 0 unspecified atom stereocenters. The molecular weight excluding hydrogens is 1740 g/mol. The molecule has 0 spiro atoms. The average molecular weight is 1880 g/mol. The second-order valence-electron chi connectivity index (χ2n) is 27.7. The summed E-state index contributed by atoms with van der Waals surface area (Å²) >= 11 is 0. The van der Waals surface area contributed by atoms with Crippen LogP contribution in [0.2, 0.25) is 0 Å². The predicted molar refractivity (Wildman–Crippen MR) is 438 cm³/mol. The molecule has 99 heavy (non-hydrogen) atoms. The maximum Gasteiger partial charge on any atom is 3.00 e. The Morgan fingerprint density at radius 2 is 0.343 bits per heavy atom. The molecule has 0 fully saturated rings. The molecule has 4 aromatic heterocycles. The van der Waals surface area contributed by atoms with Gasteiger partial charge in [0.15, 0.2) is 0 Å². The second-order valence-corrected chi connectivity index (χ2v) is 27.7. The van der Waals surface area contributed by atoms with E-state index in [9.17, 15) is 0 Å². The van der Waals surface area contributed by atoms with Crippen molar-refractivity contribution in [1.29, 1.82) is 0 Å². The monoisotopic (exact) mass is 1880 g/mol. The Kier molecular flexibility index (Phi) is 32.5. The summed E-state index contributed by atoms with van der Waals surface area (Å²) in [5, 5.41) is 5.35. The van der Waals surface area contributed by atoms with Gasteiger partial charge in [-0.05, 0) is 250 Å².